The van der Waals surface area contributed by atoms with Crippen LogP contribution in [0.3, 0.4) is 0 Å². The lowest BCUT2D eigenvalue weighted by atomic mass is 10.2. The second-order valence-corrected chi connectivity index (χ2v) is 3.18. The molecule has 72 valence electrons. The van der Waals surface area contributed by atoms with Crippen LogP contribution in [0.25, 0.3) is 0 Å². The third kappa shape index (κ3) is 1.74. The van der Waals surface area contributed by atoms with Gasteiger partial charge in [0.05, 0.1) is 13.3 Å². The van der Waals surface area contributed by atoms with Gasteiger partial charge in [-0.1, -0.05) is 13.8 Å². The molecule has 0 aliphatic carbocycles. The van der Waals surface area contributed by atoms with Gasteiger partial charge in [0.25, 0.3) is 0 Å². The maximum absolute atomic E-state index is 11.9. The molecule has 1 aliphatic rings. The zero-order valence-electron chi connectivity index (χ0n) is 7.58. The first-order valence-corrected chi connectivity index (χ1v) is 4.04. The highest BCUT2D eigenvalue weighted by Gasteiger charge is 2.36. The van der Waals surface area contributed by atoms with Crippen LogP contribution in [-0.4, -0.2) is 31.1 Å². The van der Waals surface area contributed by atoms with E-state index in [1.165, 1.54) is 12.2 Å². The number of hydroxylamine groups is 2. The van der Waals surface area contributed by atoms with E-state index in [1.807, 2.05) is 13.8 Å². The van der Waals surface area contributed by atoms with E-state index in [1.54, 1.807) is 0 Å². The molecule has 2 unspecified atom stereocenters. The van der Waals surface area contributed by atoms with E-state index in [-0.39, 0.29) is 6.17 Å². The van der Waals surface area contributed by atoms with Crippen molar-refractivity contribution in [3.63, 3.8) is 0 Å². The third-order valence-electron chi connectivity index (χ3n) is 2.00. The molecule has 1 N–H and O–H groups in total. The summed E-state index contributed by atoms with van der Waals surface area (Å²) in [5.74, 6) is 0.352. The van der Waals surface area contributed by atoms with Crippen LogP contribution >= 0.6 is 0 Å². The van der Waals surface area contributed by atoms with E-state index in [9.17, 15) is 4.53 Å². The summed E-state index contributed by atoms with van der Waals surface area (Å²) in [5, 5.41) is 4.58. The first-order chi connectivity index (χ1) is 5.70. The molecule has 0 aromatic rings. The van der Waals surface area contributed by atoms with Crippen molar-refractivity contribution in [3.8, 4) is 0 Å². The summed E-state index contributed by atoms with van der Waals surface area (Å²) >= 11 is 0. The maximum Gasteiger partial charge on any atom is 0.187 e. The fourth-order valence-electron chi connectivity index (χ4n) is 1.41. The van der Waals surface area contributed by atoms with Gasteiger partial charge in [-0.05, 0) is 10.4 Å². The standard InChI is InChI=1S/C7H15FN2O2/c1-5(2)7-9-4-6(12-8)10(7)11-3/h5-7,9H,4H2,1-3H3. The van der Waals surface area contributed by atoms with Crippen molar-refractivity contribution < 1.29 is 14.3 Å². The number of halogens is 1. The van der Waals surface area contributed by atoms with Crippen LogP contribution in [0.4, 0.5) is 4.53 Å². The Kier molecular flexibility index (Phi) is 3.39. The molecule has 1 aliphatic heterocycles. The van der Waals surface area contributed by atoms with Gasteiger partial charge >= 0.3 is 0 Å². The Hall–Kier alpha value is -0.230. The highest BCUT2D eigenvalue weighted by atomic mass is 19.3. The van der Waals surface area contributed by atoms with Gasteiger partial charge in [0.2, 0.25) is 0 Å². The summed E-state index contributed by atoms with van der Waals surface area (Å²) in [6.45, 7) is 4.52. The Labute approximate surface area is 71.5 Å². The molecule has 0 aromatic carbocycles. The second-order valence-electron chi connectivity index (χ2n) is 3.18. The summed E-state index contributed by atoms with van der Waals surface area (Å²) in [7, 11) is 1.51. The Morgan fingerprint density at radius 3 is 2.67 bits per heavy atom. The Morgan fingerprint density at radius 1 is 1.58 bits per heavy atom. The van der Waals surface area contributed by atoms with Gasteiger partial charge in [-0.2, -0.15) is 4.94 Å². The van der Waals surface area contributed by atoms with E-state index in [0.717, 1.165) is 0 Å². The van der Waals surface area contributed by atoms with Crippen LogP contribution in [0.15, 0.2) is 0 Å². The number of rotatable bonds is 3. The summed E-state index contributed by atoms with van der Waals surface area (Å²) < 4.78 is 11.9. The minimum absolute atomic E-state index is 0.0238. The molecule has 12 heavy (non-hydrogen) atoms. The van der Waals surface area contributed by atoms with E-state index >= 15 is 0 Å². The molecular formula is C7H15FN2O2. The monoisotopic (exact) mass is 178 g/mol. The quantitative estimate of drug-likeness (QED) is 0.688. The first kappa shape index (κ1) is 9.85. The normalized spacial score (nSPS) is 31.8. The van der Waals surface area contributed by atoms with Gasteiger partial charge in [-0.3, -0.25) is 10.2 Å². The topological polar surface area (TPSA) is 33.7 Å². The molecule has 1 rings (SSSR count). The molecule has 0 saturated carbocycles. The molecular weight excluding hydrogens is 163 g/mol. The van der Waals surface area contributed by atoms with Gasteiger partial charge in [0.1, 0.15) is 0 Å². The molecule has 5 heteroatoms. The van der Waals surface area contributed by atoms with Crippen molar-refractivity contribution in [1.29, 1.82) is 0 Å². The SMILES string of the molecule is CON1C(OF)CNC1C(C)C. The van der Waals surface area contributed by atoms with Crippen molar-refractivity contribution in [2.75, 3.05) is 13.7 Å². The van der Waals surface area contributed by atoms with E-state index in [0.29, 0.717) is 12.5 Å². The Balaban J connectivity index is 2.56. The van der Waals surface area contributed by atoms with E-state index in [4.69, 9.17) is 4.84 Å². The maximum atomic E-state index is 11.9. The molecule has 0 aromatic heterocycles. The Bertz CT molecular complexity index is 145. The van der Waals surface area contributed by atoms with Gasteiger partial charge in [-0.25, -0.2) is 0 Å². The molecule has 0 amide bonds. The van der Waals surface area contributed by atoms with Crippen LogP contribution < -0.4 is 5.32 Å². The van der Waals surface area contributed by atoms with Crippen LogP contribution in [0, 0.1) is 5.92 Å². The minimum Gasteiger partial charge on any atom is -0.298 e. The summed E-state index contributed by atoms with van der Waals surface area (Å²) in [6, 6.07) is 0. The van der Waals surface area contributed by atoms with Gasteiger partial charge < -0.3 is 0 Å². The molecule has 0 radical (unpaired) electrons. The van der Waals surface area contributed by atoms with Crippen LogP contribution in [0.2, 0.25) is 0 Å². The van der Waals surface area contributed by atoms with E-state index in [2.05, 4.69) is 10.3 Å². The third-order valence-corrected chi connectivity index (χ3v) is 2.00. The highest BCUT2D eigenvalue weighted by Crippen LogP contribution is 2.18. The van der Waals surface area contributed by atoms with Crippen molar-refractivity contribution in [2.45, 2.75) is 26.2 Å². The van der Waals surface area contributed by atoms with Crippen LogP contribution in [-0.2, 0) is 9.78 Å². The lowest BCUT2D eigenvalue weighted by Crippen LogP contribution is -2.42. The highest BCUT2D eigenvalue weighted by molar-refractivity contribution is 4.78. The van der Waals surface area contributed by atoms with Crippen molar-refractivity contribution in [1.82, 2.24) is 10.4 Å². The predicted molar refractivity (Wildman–Crippen MR) is 41.5 cm³/mol. The lowest BCUT2D eigenvalue weighted by Gasteiger charge is -2.26. The average molecular weight is 178 g/mol. The van der Waals surface area contributed by atoms with Crippen LogP contribution in [0.5, 0.6) is 0 Å². The zero-order chi connectivity index (χ0) is 9.14. The number of hydrogen-bond donors (Lipinski definition) is 1. The van der Waals surface area contributed by atoms with Crippen molar-refractivity contribution >= 4 is 0 Å². The molecule has 1 heterocycles. The number of hydrogen-bond acceptors (Lipinski definition) is 4. The number of nitrogens with one attached hydrogen (secondary N) is 1. The van der Waals surface area contributed by atoms with Gasteiger partial charge in [0.15, 0.2) is 6.23 Å². The first-order valence-electron chi connectivity index (χ1n) is 4.04. The minimum atomic E-state index is -0.623. The smallest absolute Gasteiger partial charge is 0.187 e. The summed E-state index contributed by atoms with van der Waals surface area (Å²) in [6.07, 6.45) is -0.599. The fourth-order valence-corrected chi connectivity index (χ4v) is 1.41. The molecule has 1 saturated heterocycles. The fraction of sp³-hybridized carbons (Fsp3) is 1.00. The molecule has 0 spiro atoms. The van der Waals surface area contributed by atoms with Crippen LogP contribution in [0.1, 0.15) is 13.8 Å². The molecule has 4 nitrogen and oxygen atoms in total. The molecule has 0 bridgehead atoms. The molecule has 2 atom stereocenters. The Morgan fingerprint density at radius 2 is 2.25 bits per heavy atom. The lowest BCUT2D eigenvalue weighted by molar-refractivity contribution is -0.305. The second kappa shape index (κ2) is 4.13. The van der Waals surface area contributed by atoms with Crippen molar-refractivity contribution in [2.24, 2.45) is 5.92 Å². The average Bonchev–Trinajstić information content (AvgIpc) is 2.46. The zero-order valence-corrected chi connectivity index (χ0v) is 7.58. The van der Waals surface area contributed by atoms with Crippen molar-refractivity contribution in [3.05, 3.63) is 0 Å². The summed E-state index contributed by atoms with van der Waals surface area (Å²) in [5.41, 5.74) is 0. The predicted octanol–water partition coefficient (Wildman–Crippen LogP) is 0.662. The van der Waals surface area contributed by atoms with Gasteiger partial charge in [-0.15, -0.1) is 5.06 Å². The number of nitrogens with zero attached hydrogens (tertiary/aromatic N) is 1. The summed E-state index contributed by atoms with van der Waals surface area (Å²) in [4.78, 5) is 8.73. The largest absolute Gasteiger partial charge is 0.298 e. The molecule has 1 fully saturated rings. The van der Waals surface area contributed by atoms with Gasteiger partial charge in [0, 0.05) is 6.54 Å². The van der Waals surface area contributed by atoms with E-state index < -0.39 is 6.23 Å².